The van der Waals surface area contributed by atoms with E-state index in [4.69, 9.17) is 0 Å². The lowest BCUT2D eigenvalue weighted by Crippen LogP contribution is -2.14. The van der Waals surface area contributed by atoms with Gasteiger partial charge in [-0.1, -0.05) is 18.2 Å². The van der Waals surface area contributed by atoms with Crippen LogP contribution in [0.15, 0.2) is 55.0 Å². The van der Waals surface area contributed by atoms with E-state index in [-0.39, 0.29) is 11.8 Å². The number of carbonyl (C=O) groups is 1. The summed E-state index contributed by atoms with van der Waals surface area (Å²) in [6.07, 6.45) is 7.39. The van der Waals surface area contributed by atoms with Crippen LogP contribution in [0.4, 0.5) is 5.82 Å². The first-order valence-electron chi connectivity index (χ1n) is 7.41. The normalized spacial score (nSPS) is 14.0. The molecule has 1 aromatic carbocycles. The number of nitrogens with one attached hydrogen (secondary N) is 1. The van der Waals surface area contributed by atoms with Crippen LogP contribution in [-0.4, -0.2) is 15.9 Å². The maximum atomic E-state index is 11.8. The van der Waals surface area contributed by atoms with Gasteiger partial charge in [0.2, 0.25) is 5.91 Å². The lowest BCUT2D eigenvalue weighted by Gasteiger charge is -2.07. The molecule has 2 heterocycles. The molecule has 3 aromatic rings. The fourth-order valence-electron chi connectivity index (χ4n) is 2.50. The first-order valence-corrected chi connectivity index (χ1v) is 7.41. The van der Waals surface area contributed by atoms with Crippen LogP contribution < -0.4 is 5.32 Å². The Kier molecular flexibility index (Phi) is 3.07. The second kappa shape index (κ2) is 5.22. The highest BCUT2D eigenvalue weighted by Crippen LogP contribution is 2.30. The first kappa shape index (κ1) is 13.0. The van der Waals surface area contributed by atoms with Crippen LogP contribution >= 0.6 is 0 Å². The smallest absolute Gasteiger partial charge is 0.228 e. The molecule has 108 valence electrons. The Morgan fingerprint density at radius 1 is 1.05 bits per heavy atom. The van der Waals surface area contributed by atoms with Gasteiger partial charge in [0.05, 0.1) is 0 Å². The molecule has 1 saturated carbocycles. The standard InChI is InChI=1S/C18H15N3O/c22-18(12-3-4-12)21-17-9-16-8-13(5-6-15(16)11-20-17)14-2-1-7-19-10-14/h1-2,5-12H,3-4H2,(H,20,21,22). The molecule has 4 rings (SSSR count). The fourth-order valence-corrected chi connectivity index (χ4v) is 2.50. The van der Waals surface area contributed by atoms with Crippen LogP contribution in [-0.2, 0) is 4.79 Å². The molecule has 4 heteroatoms. The van der Waals surface area contributed by atoms with Gasteiger partial charge in [0.25, 0.3) is 0 Å². The summed E-state index contributed by atoms with van der Waals surface area (Å²) in [6, 6.07) is 12.1. The van der Waals surface area contributed by atoms with E-state index in [1.807, 2.05) is 30.5 Å². The van der Waals surface area contributed by atoms with Gasteiger partial charge in [-0.05, 0) is 42.0 Å². The minimum absolute atomic E-state index is 0.0789. The molecule has 22 heavy (non-hydrogen) atoms. The maximum absolute atomic E-state index is 11.8. The fraction of sp³-hybridized carbons (Fsp3) is 0.167. The van der Waals surface area contributed by atoms with Crippen molar-refractivity contribution >= 4 is 22.5 Å². The summed E-state index contributed by atoms with van der Waals surface area (Å²) in [4.78, 5) is 20.3. The highest BCUT2D eigenvalue weighted by molar-refractivity contribution is 5.96. The highest BCUT2D eigenvalue weighted by atomic mass is 16.2. The Morgan fingerprint density at radius 2 is 1.95 bits per heavy atom. The van der Waals surface area contributed by atoms with E-state index in [2.05, 4.69) is 27.4 Å². The average Bonchev–Trinajstić information content (AvgIpc) is 3.40. The van der Waals surface area contributed by atoms with Crippen LogP contribution in [0.2, 0.25) is 0 Å². The Hall–Kier alpha value is -2.75. The predicted molar refractivity (Wildman–Crippen MR) is 86.3 cm³/mol. The van der Waals surface area contributed by atoms with E-state index in [1.165, 1.54) is 0 Å². The largest absolute Gasteiger partial charge is 0.310 e. The summed E-state index contributed by atoms with van der Waals surface area (Å²) >= 11 is 0. The number of hydrogen-bond donors (Lipinski definition) is 1. The van der Waals surface area contributed by atoms with E-state index < -0.39 is 0 Å². The summed E-state index contributed by atoms with van der Waals surface area (Å²) < 4.78 is 0. The summed E-state index contributed by atoms with van der Waals surface area (Å²) in [7, 11) is 0. The van der Waals surface area contributed by atoms with Crippen molar-refractivity contribution < 1.29 is 4.79 Å². The number of carbonyl (C=O) groups excluding carboxylic acids is 1. The Morgan fingerprint density at radius 3 is 2.73 bits per heavy atom. The molecule has 4 nitrogen and oxygen atoms in total. The molecule has 0 radical (unpaired) electrons. The van der Waals surface area contributed by atoms with E-state index in [0.29, 0.717) is 5.82 Å². The van der Waals surface area contributed by atoms with Crippen LogP contribution in [0.5, 0.6) is 0 Å². The molecule has 1 fully saturated rings. The number of amides is 1. The van der Waals surface area contributed by atoms with Crippen molar-refractivity contribution in [2.45, 2.75) is 12.8 Å². The van der Waals surface area contributed by atoms with E-state index in [9.17, 15) is 4.79 Å². The second-order valence-corrected chi connectivity index (χ2v) is 5.64. The molecule has 1 aliphatic rings. The molecule has 1 amide bonds. The number of fused-ring (bicyclic) bond motifs is 1. The zero-order valence-corrected chi connectivity index (χ0v) is 12.0. The number of nitrogens with zero attached hydrogens (tertiary/aromatic N) is 2. The van der Waals surface area contributed by atoms with Crippen LogP contribution in [0.1, 0.15) is 12.8 Å². The number of hydrogen-bond acceptors (Lipinski definition) is 3. The number of benzene rings is 1. The molecule has 0 saturated heterocycles. The van der Waals surface area contributed by atoms with Gasteiger partial charge in [-0.15, -0.1) is 0 Å². The Balaban J connectivity index is 1.69. The monoisotopic (exact) mass is 289 g/mol. The topological polar surface area (TPSA) is 54.9 Å². The van der Waals surface area contributed by atoms with E-state index in [1.54, 1.807) is 12.4 Å². The summed E-state index contributed by atoms with van der Waals surface area (Å²) in [6.45, 7) is 0. The minimum atomic E-state index is 0.0789. The predicted octanol–water partition coefficient (Wildman–Crippen LogP) is 3.65. The quantitative estimate of drug-likeness (QED) is 0.800. The maximum Gasteiger partial charge on any atom is 0.228 e. The number of pyridine rings is 2. The van der Waals surface area contributed by atoms with Gasteiger partial charge in [-0.25, -0.2) is 4.98 Å². The van der Waals surface area contributed by atoms with Gasteiger partial charge < -0.3 is 5.32 Å². The lowest BCUT2D eigenvalue weighted by atomic mass is 10.0. The highest BCUT2D eigenvalue weighted by Gasteiger charge is 2.29. The van der Waals surface area contributed by atoms with Gasteiger partial charge in [-0.2, -0.15) is 0 Å². The summed E-state index contributed by atoms with van der Waals surface area (Å²) in [5.74, 6) is 0.877. The van der Waals surface area contributed by atoms with E-state index >= 15 is 0 Å². The molecule has 0 aliphatic heterocycles. The average molecular weight is 289 g/mol. The SMILES string of the molecule is O=C(Nc1cc2cc(-c3cccnc3)ccc2cn1)C1CC1. The van der Waals surface area contributed by atoms with Gasteiger partial charge in [0.1, 0.15) is 5.82 Å². The van der Waals surface area contributed by atoms with Crippen molar-refractivity contribution in [1.82, 2.24) is 9.97 Å². The third kappa shape index (κ3) is 2.55. The van der Waals surface area contributed by atoms with Crippen molar-refractivity contribution in [3.8, 4) is 11.1 Å². The Bertz CT molecular complexity index is 841. The third-order valence-corrected chi connectivity index (χ3v) is 3.92. The number of rotatable bonds is 3. The van der Waals surface area contributed by atoms with Gasteiger partial charge in [0.15, 0.2) is 0 Å². The second-order valence-electron chi connectivity index (χ2n) is 5.64. The van der Waals surface area contributed by atoms with Crippen LogP contribution in [0.3, 0.4) is 0 Å². The lowest BCUT2D eigenvalue weighted by molar-refractivity contribution is -0.117. The van der Waals surface area contributed by atoms with Crippen molar-refractivity contribution in [3.05, 3.63) is 55.0 Å². The van der Waals surface area contributed by atoms with Crippen molar-refractivity contribution in [2.75, 3.05) is 5.32 Å². The molecule has 0 unspecified atom stereocenters. The van der Waals surface area contributed by atoms with Crippen LogP contribution in [0.25, 0.3) is 21.9 Å². The molecule has 1 N–H and O–H groups in total. The van der Waals surface area contributed by atoms with Crippen molar-refractivity contribution in [1.29, 1.82) is 0 Å². The molecular formula is C18H15N3O. The number of anilines is 1. The van der Waals surface area contributed by atoms with Gasteiger partial charge in [-0.3, -0.25) is 9.78 Å². The summed E-state index contributed by atoms with van der Waals surface area (Å²) in [5, 5.41) is 5.00. The molecule has 0 bridgehead atoms. The summed E-state index contributed by atoms with van der Waals surface area (Å²) in [5.41, 5.74) is 2.18. The Labute approximate surface area is 128 Å². The molecule has 0 atom stereocenters. The molecular weight excluding hydrogens is 274 g/mol. The molecule has 0 spiro atoms. The van der Waals surface area contributed by atoms with Gasteiger partial charge in [0, 0.05) is 35.5 Å². The zero-order valence-electron chi connectivity index (χ0n) is 12.0. The van der Waals surface area contributed by atoms with Crippen molar-refractivity contribution in [2.24, 2.45) is 5.92 Å². The number of aromatic nitrogens is 2. The van der Waals surface area contributed by atoms with Gasteiger partial charge >= 0.3 is 0 Å². The zero-order chi connectivity index (χ0) is 14.9. The van der Waals surface area contributed by atoms with Crippen LogP contribution in [0, 0.1) is 5.92 Å². The molecule has 2 aromatic heterocycles. The minimum Gasteiger partial charge on any atom is -0.310 e. The third-order valence-electron chi connectivity index (χ3n) is 3.92. The van der Waals surface area contributed by atoms with E-state index in [0.717, 1.165) is 34.7 Å². The van der Waals surface area contributed by atoms with Crippen molar-refractivity contribution in [3.63, 3.8) is 0 Å². The first-order chi connectivity index (χ1) is 10.8. The molecule has 1 aliphatic carbocycles.